The Bertz CT molecular complexity index is 1240. The number of ether oxygens (including phenoxy) is 1. The standard InChI is InChI=1S/C26H30N6O/c1-31(2)20-9-11-32(12-10-20)21-14-25-24(27-15-21)8-7-23(29-25)22-16-28-30-26(22)19-6-4-5-18(13-19)17-33-3/h4-8,13-16,20H,9-12,17H2,1-3H3,(H,28,30). The van der Waals surface area contributed by atoms with Crippen molar-refractivity contribution in [3.63, 3.8) is 0 Å². The zero-order valence-corrected chi connectivity index (χ0v) is 19.5. The Morgan fingerprint density at radius 3 is 2.70 bits per heavy atom. The van der Waals surface area contributed by atoms with Crippen molar-refractivity contribution in [2.45, 2.75) is 25.5 Å². The van der Waals surface area contributed by atoms with Gasteiger partial charge < -0.3 is 14.5 Å². The summed E-state index contributed by atoms with van der Waals surface area (Å²) >= 11 is 0. The molecular weight excluding hydrogens is 412 g/mol. The van der Waals surface area contributed by atoms with Crippen LogP contribution in [-0.2, 0) is 11.3 Å². The third kappa shape index (κ3) is 4.47. The van der Waals surface area contributed by atoms with Crippen LogP contribution in [0.3, 0.4) is 0 Å². The molecule has 33 heavy (non-hydrogen) atoms. The second-order valence-electron chi connectivity index (χ2n) is 8.90. The number of piperidine rings is 1. The van der Waals surface area contributed by atoms with Crippen LogP contribution in [0.15, 0.2) is 54.9 Å². The first-order valence-corrected chi connectivity index (χ1v) is 11.4. The molecule has 170 valence electrons. The zero-order valence-electron chi connectivity index (χ0n) is 19.5. The molecule has 7 nitrogen and oxygen atoms in total. The van der Waals surface area contributed by atoms with Crippen molar-refractivity contribution in [3.05, 3.63) is 60.4 Å². The summed E-state index contributed by atoms with van der Waals surface area (Å²) in [4.78, 5) is 14.4. The summed E-state index contributed by atoms with van der Waals surface area (Å²) in [6.07, 6.45) is 6.15. The normalized spacial score (nSPS) is 15.0. The van der Waals surface area contributed by atoms with E-state index in [0.717, 1.165) is 57.9 Å². The van der Waals surface area contributed by atoms with Gasteiger partial charge in [0.2, 0.25) is 0 Å². The average Bonchev–Trinajstić information content (AvgIpc) is 3.34. The van der Waals surface area contributed by atoms with E-state index in [2.05, 4.69) is 58.4 Å². The second kappa shape index (κ2) is 9.29. The predicted molar refractivity (Wildman–Crippen MR) is 132 cm³/mol. The molecule has 0 aliphatic carbocycles. The maximum absolute atomic E-state index is 5.29. The van der Waals surface area contributed by atoms with Gasteiger partial charge in [-0.25, -0.2) is 4.98 Å². The van der Waals surface area contributed by atoms with Crippen LogP contribution < -0.4 is 4.90 Å². The molecule has 0 saturated carbocycles. The van der Waals surface area contributed by atoms with Crippen molar-refractivity contribution >= 4 is 16.7 Å². The molecule has 3 aromatic heterocycles. The van der Waals surface area contributed by atoms with Crippen molar-refractivity contribution in [1.29, 1.82) is 0 Å². The van der Waals surface area contributed by atoms with Gasteiger partial charge in [0.15, 0.2) is 0 Å². The van der Waals surface area contributed by atoms with Crippen molar-refractivity contribution in [3.8, 4) is 22.5 Å². The average molecular weight is 443 g/mol. The number of methoxy groups -OCH3 is 1. The number of H-pyrrole nitrogens is 1. The van der Waals surface area contributed by atoms with Crippen molar-refractivity contribution in [1.82, 2.24) is 25.1 Å². The Balaban J connectivity index is 1.45. The lowest BCUT2D eigenvalue weighted by atomic mass is 10.0. The van der Waals surface area contributed by atoms with Crippen LogP contribution in [0.25, 0.3) is 33.5 Å². The molecule has 1 N–H and O–H groups in total. The van der Waals surface area contributed by atoms with Crippen LogP contribution in [0, 0.1) is 0 Å². The molecule has 1 aromatic carbocycles. The molecule has 1 fully saturated rings. The maximum Gasteiger partial charge on any atom is 0.0914 e. The van der Waals surface area contributed by atoms with Gasteiger partial charge in [-0.1, -0.05) is 18.2 Å². The summed E-state index contributed by atoms with van der Waals surface area (Å²) < 4.78 is 5.29. The third-order valence-electron chi connectivity index (χ3n) is 6.52. The number of anilines is 1. The van der Waals surface area contributed by atoms with Crippen molar-refractivity contribution in [2.24, 2.45) is 0 Å². The summed E-state index contributed by atoms with van der Waals surface area (Å²) in [6.45, 7) is 2.66. The Labute approximate surface area is 194 Å². The summed E-state index contributed by atoms with van der Waals surface area (Å²) in [6, 6.07) is 15.2. The number of nitrogens with one attached hydrogen (secondary N) is 1. The molecule has 0 amide bonds. The van der Waals surface area contributed by atoms with Gasteiger partial charge in [0.25, 0.3) is 0 Å². The van der Waals surface area contributed by atoms with Gasteiger partial charge in [-0.2, -0.15) is 5.10 Å². The van der Waals surface area contributed by atoms with E-state index in [0.29, 0.717) is 12.6 Å². The van der Waals surface area contributed by atoms with E-state index in [9.17, 15) is 0 Å². The van der Waals surface area contributed by atoms with E-state index >= 15 is 0 Å². The lowest BCUT2D eigenvalue weighted by Crippen LogP contribution is -2.42. The highest BCUT2D eigenvalue weighted by molar-refractivity contribution is 5.84. The molecule has 0 unspecified atom stereocenters. The molecule has 1 saturated heterocycles. The Morgan fingerprint density at radius 1 is 1.06 bits per heavy atom. The Kier molecular flexibility index (Phi) is 6.07. The number of aromatic amines is 1. The van der Waals surface area contributed by atoms with E-state index < -0.39 is 0 Å². The summed E-state index contributed by atoms with van der Waals surface area (Å²) in [5.41, 5.74) is 7.94. The fraction of sp³-hybridized carbons (Fsp3) is 0.346. The van der Waals surface area contributed by atoms with E-state index in [1.807, 2.05) is 30.6 Å². The number of pyridine rings is 2. The van der Waals surface area contributed by atoms with E-state index in [1.54, 1.807) is 7.11 Å². The minimum atomic E-state index is 0.575. The molecular formula is C26H30N6O. The first-order valence-electron chi connectivity index (χ1n) is 11.4. The van der Waals surface area contributed by atoms with Gasteiger partial charge in [0.1, 0.15) is 0 Å². The van der Waals surface area contributed by atoms with Crippen LogP contribution in [0.5, 0.6) is 0 Å². The Hall–Kier alpha value is -3.29. The fourth-order valence-corrected chi connectivity index (χ4v) is 4.64. The molecule has 0 atom stereocenters. The van der Waals surface area contributed by atoms with Gasteiger partial charge >= 0.3 is 0 Å². The number of hydrogen-bond acceptors (Lipinski definition) is 6. The molecule has 4 aromatic rings. The summed E-state index contributed by atoms with van der Waals surface area (Å²) in [7, 11) is 6.04. The monoisotopic (exact) mass is 442 g/mol. The number of benzene rings is 1. The van der Waals surface area contributed by atoms with Gasteiger partial charge in [-0.05, 0) is 56.8 Å². The van der Waals surface area contributed by atoms with Crippen LogP contribution in [0.4, 0.5) is 5.69 Å². The van der Waals surface area contributed by atoms with Crippen molar-refractivity contribution < 1.29 is 4.74 Å². The van der Waals surface area contributed by atoms with E-state index in [-0.39, 0.29) is 0 Å². The molecule has 0 radical (unpaired) electrons. The molecule has 4 heterocycles. The number of nitrogens with zero attached hydrogens (tertiary/aromatic N) is 5. The van der Waals surface area contributed by atoms with Gasteiger partial charge in [0.05, 0.1) is 47.1 Å². The van der Waals surface area contributed by atoms with Gasteiger partial charge in [-0.15, -0.1) is 0 Å². The molecule has 7 heteroatoms. The first-order chi connectivity index (χ1) is 16.1. The highest BCUT2D eigenvalue weighted by Crippen LogP contribution is 2.31. The van der Waals surface area contributed by atoms with Gasteiger partial charge in [-0.3, -0.25) is 10.1 Å². The maximum atomic E-state index is 5.29. The molecule has 0 spiro atoms. The second-order valence-corrected chi connectivity index (χ2v) is 8.90. The topological polar surface area (TPSA) is 70.2 Å². The van der Waals surface area contributed by atoms with Gasteiger partial charge in [0, 0.05) is 37.4 Å². The largest absolute Gasteiger partial charge is 0.380 e. The van der Waals surface area contributed by atoms with E-state index in [4.69, 9.17) is 14.7 Å². The number of aromatic nitrogens is 4. The fourth-order valence-electron chi connectivity index (χ4n) is 4.64. The minimum absolute atomic E-state index is 0.575. The lowest BCUT2D eigenvalue weighted by Gasteiger charge is -2.36. The molecule has 1 aliphatic heterocycles. The molecule has 0 bridgehead atoms. The highest BCUT2D eigenvalue weighted by Gasteiger charge is 2.21. The van der Waals surface area contributed by atoms with Crippen LogP contribution in [0.1, 0.15) is 18.4 Å². The minimum Gasteiger partial charge on any atom is -0.380 e. The summed E-state index contributed by atoms with van der Waals surface area (Å²) in [5, 5.41) is 7.47. The van der Waals surface area contributed by atoms with Crippen LogP contribution in [0.2, 0.25) is 0 Å². The van der Waals surface area contributed by atoms with Crippen molar-refractivity contribution in [2.75, 3.05) is 39.2 Å². The zero-order chi connectivity index (χ0) is 22.8. The predicted octanol–water partition coefficient (Wildman–Crippen LogP) is 4.36. The SMILES string of the molecule is COCc1cccc(-c2[nH]ncc2-c2ccc3ncc(N4CCC(N(C)C)CC4)cc3n2)c1. The number of fused-ring (bicyclic) bond motifs is 1. The summed E-state index contributed by atoms with van der Waals surface area (Å²) in [5.74, 6) is 0. The third-order valence-corrected chi connectivity index (χ3v) is 6.52. The quantitative estimate of drug-likeness (QED) is 0.478. The number of hydrogen-bond donors (Lipinski definition) is 1. The highest BCUT2D eigenvalue weighted by atomic mass is 16.5. The first kappa shape index (κ1) is 21.6. The van der Waals surface area contributed by atoms with E-state index in [1.165, 1.54) is 12.8 Å². The molecule has 5 rings (SSSR count). The Morgan fingerprint density at radius 2 is 1.91 bits per heavy atom. The van der Waals surface area contributed by atoms with Crippen LogP contribution in [-0.4, -0.2) is 65.4 Å². The smallest absolute Gasteiger partial charge is 0.0914 e. The lowest BCUT2D eigenvalue weighted by molar-refractivity contribution is 0.185. The molecule has 1 aliphatic rings. The van der Waals surface area contributed by atoms with Crippen LogP contribution >= 0.6 is 0 Å². The number of rotatable bonds is 6.